The number of hydrogen-bond acceptors (Lipinski definition) is 4. The largest absolute Gasteiger partial charge is 0.417 e. The molecule has 1 aromatic carbocycles. The second-order valence-corrected chi connectivity index (χ2v) is 6.07. The van der Waals surface area contributed by atoms with Gasteiger partial charge in [0.2, 0.25) is 0 Å². The number of nitrogens with one attached hydrogen (secondary N) is 2. The Hall–Kier alpha value is -2.06. The van der Waals surface area contributed by atoms with Crippen molar-refractivity contribution in [2.75, 3.05) is 31.1 Å². The lowest BCUT2D eigenvalue weighted by Gasteiger charge is -2.28. The van der Waals surface area contributed by atoms with Crippen LogP contribution in [-0.2, 0) is 6.18 Å². The van der Waals surface area contributed by atoms with Crippen molar-refractivity contribution in [3.8, 4) is 0 Å². The van der Waals surface area contributed by atoms with Crippen LogP contribution in [0.15, 0.2) is 18.5 Å². The van der Waals surface area contributed by atoms with Crippen LogP contribution >= 0.6 is 11.6 Å². The van der Waals surface area contributed by atoms with Crippen molar-refractivity contribution in [3.63, 3.8) is 0 Å². The molecular weight excluding hydrogens is 343 g/mol. The number of fused-ring (bicyclic) bond motifs is 3. The Morgan fingerprint density at radius 1 is 1.12 bits per heavy atom. The molecule has 5 nitrogen and oxygen atoms in total. The summed E-state index contributed by atoms with van der Waals surface area (Å²) in [6.45, 7) is 3.19. The van der Waals surface area contributed by atoms with Gasteiger partial charge in [0, 0.05) is 37.1 Å². The highest BCUT2D eigenvalue weighted by molar-refractivity contribution is 6.33. The fraction of sp³-hybridized carbons (Fsp3) is 0.333. The molecule has 2 N–H and O–H groups in total. The Morgan fingerprint density at radius 2 is 1.88 bits per heavy atom. The molecule has 1 aliphatic heterocycles. The minimum absolute atomic E-state index is 0.328. The third kappa shape index (κ3) is 2.46. The number of anilines is 1. The number of alkyl halides is 3. The minimum Gasteiger partial charge on any atom is -0.353 e. The van der Waals surface area contributed by atoms with Gasteiger partial charge in [0.15, 0.2) is 0 Å². The molecule has 24 heavy (non-hydrogen) atoms. The summed E-state index contributed by atoms with van der Waals surface area (Å²) in [5.41, 5.74) is -0.0116. The van der Waals surface area contributed by atoms with Crippen molar-refractivity contribution in [1.29, 1.82) is 0 Å². The maximum absolute atomic E-state index is 13.1. The molecule has 1 fully saturated rings. The van der Waals surface area contributed by atoms with Gasteiger partial charge in [-0.2, -0.15) is 13.2 Å². The van der Waals surface area contributed by atoms with E-state index in [4.69, 9.17) is 11.6 Å². The highest BCUT2D eigenvalue weighted by Gasteiger charge is 2.34. The molecule has 0 spiro atoms. The van der Waals surface area contributed by atoms with E-state index in [9.17, 15) is 13.2 Å². The van der Waals surface area contributed by atoms with Crippen LogP contribution in [0.2, 0.25) is 5.02 Å². The Balaban J connectivity index is 1.96. The molecule has 0 aliphatic carbocycles. The zero-order valence-corrected chi connectivity index (χ0v) is 13.2. The molecule has 0 amide bonds. The summed E-state index contributed by atoms with van der Waals surface area (Å²) in [6.07, 6.45) is -3.09. The Morgan fingerprint density at radius 3 is 2.58 bits per heavy atom. The molecule has 9 heteroatoms. The molecule has 0 unspecified atom stereocenters. The molecule has 126 valence electrons. The third-order valence-corrected chi connectivity index (χ3v) is 4.49. The first-order valence-electron chi connectivity index (χ1n) is 7.44. The summed E-state index contributed by atoms with van der Waals surface area (Å²) < 4.78 is 39.2. The quantitative estimate of drug-likeness (QED) is 0.704. The lowest BCUT2D eigenvalue weighted by Crippen LogP contribution is -2.44. The molecule has 0 atom stereocenters. The van der Waals surface area contributed by atoms with Gasteiger partial charge in [-0.3, -0.25) is 0 Å². The van der Waals surface area contributed by atoms with Crippen LogP contribution in [0.5, 0.6) is 0 Å². The normalized spacial score (nSPS) is 16.2. The van der Waals surface area contributed by atoms with Crippen molar-refractivity contribution in [3.05, 3.63) is 29.0 Å². The minimum atomic E-state index is -4.50. The molecule has 4 rings (SSSR count). The monoisotopic (exact) mass is 355 g/mol. The van der Waals surface area contributed by atoms with Gasteiger partial charge in [0.05, 0.1) is 16.0 Å². The summed E-state index contributed by atoms with van der Waals surface area (Å²) in [7, 11) is 0. The Bertz CT molecular complexity index is 915. The van der Waals surface area contributed by atoms with E-state index in [1.54, 1.807) is 0 Å². The van der Waals surface area contributed by atoms with Gasteiger partial charge in [0.1, 0.15) is 17.8 Å². The number of aromatic nitrogens is 3. The lowest BCUT2D eigenvalue weighted by molar-refractivity contribution is -0.137. The maximum Gasteiger partial charge on any atom is 0.417 e. The topological polar surface area (TPSA) is 56.8 Å². The first-order valence-corrected chi connectivity index (χ1v) is 7.82. The molecular formula is C15H13ClF3N5. The van der Waals surface area contributed by atoms with E-state index < -0.39 is 11.7 Å². The third-order valence-electron chi connectivity index (χ3n) is 4.18. The standard InChI is InChI=1S/C15H13ClF3N5/c16-10-5-8-11(6-9(10)15(17,18)19)23-13-12(8)14(22-7-21-13)24-3-1-20-2-4-24/h5-7,20H,1-4H2,(H,21,22,23). The summed E-state index contributed by atoms with van der Waals surface area (Å²) in [5.74, 6) is 0.712. The molecule has 3 heterocycles. The van der Waals surface area contributed by atoms with Gasteiger partial charge in [-0.1, -0.05) is 11.6 Å². The second-order valence-electron chi connectivity index (χ2n) is 5.66. The summed E-state index contributed by atoms with van der Waals surface area (Å²) in [4.78, 5) is 13.6. The number of H-pyrrole nitrogens is 1. The van der Waals surface area contributed by atoms with E-state index >= 15 is 0 Å². The molecule has 3 aromatic rings. The fourth-order valence-corrected chi connectivity index (χ4v) is 3.33. The summed E-state index contributed by atoms with van der Waals surface area (Å²) in [5, 5.41) is 4.22. The molecule has 0 saturated carbocycles. The average molecular weight is 356 g/mol. The van der Waals surface area contributed by atoms with Crippen LogP contribution < -0.4 is 10.2 Å². The van der Waals surface area contributed by atoms with E-state index in [0.717, 1.165) is 32.2 Å². The van der Waals surface area contributed by atoms with Crippen LogP contribution in [0.1, 0.15) is 5.56 Å². The number of rotatable bonds is 1. The van der Waals surface area contributed by atoms with Crippen LogP contribution in [0, 0.1) is 0 Å². The Kier molecular flexibility index (Phi) is 3.54. The molecule has 0 radical (unpaired) electrons. The van der Waals surface area contributed by atoms with Crippen molar-refractivity contribution in [2.24, 2.45) is 0 Å². The second kappa shape index (κ2) is 5.49. The number of halogens is 4. The van der Waals surface area contributed by atoms with Gasteiger partial charge in [-0.05, 0) is 12.1 Å². The SMILES string of the molecule is FC(F)(F)c1cc2[nH]c3ncnc(N4CCNCC4)c3c2cc1Cl. The number of piperazine rings is 1. The predicted molar refractivity (Wildman–Crippen MR) is 86.5 cm³/mol. The highest BCUT2D eigenvalue weighted by atomic mass is 35.5. The van der Waals surface area contributed by atoms with Gasteiger partial charge >= 0.3 is 6.18 Å². The van der Waals surface area contributed by atoms with Gasteiger partial charge in [0.25, 0.3) is 0 Å². The van der Waals surface area contributed by atoms with Gasteiger partial charge in [-0.15, -0.1) is 0 Å². The van der Waals surface area contributed by atoms with E-state index in [1.165, 1.54) is 12.4 Å². The predicted octanol–water partition coefficient (Wildman–Crippen LogP) is 3.19. The highest BCUT2D eigenvalue weighted by Crippen LogP contribution is 2.40. The van der Waals surface area contributed by atoms with Crippen LogP contribution in [0.3, 0.4) is 0 Å². The first kappa shape index (κ1) is 15.5. The molecule has 0 bridgehead atoms. The zero-order valence-electron chi connectivity index (χ0n) is 12.4. The summed E-state index contributed by atoms with van der Waals surface area (Å²) in [6, 6.07) is 2.37. The molecule has 2 aromatic heterocycles. The lowest BCUT2D eigenvalue weighted by atomic mass is 10.1. The zero-order chi connectivity index (χ0) is 16.9. The van der Waals surface area contributed by atoms with Crippen LogP contribution in [0.4, 0.5) is 19.0 Å². The van der Waals surface area contributed by atoms with E-state index in [-0.39, 0.29) is 5.02 Å². The van der Waals surface area contributed by atoms with Crippen molar-refractivity contribution in [1.82, 2.24) is 20.3 Å². The smallest absolute Gasteiger partial charge is 0.353 e. The summed E-state index contributed by atoms with van der Waals surface area (Å²) >= 11 is 5.88. The maximum atomic E-state index is 13.1. The van der Waals surface area contributed by atoms with E-state index in [0.29, 0.717) is 27.8 Å². The number of aromatic amines is 1. The van der Waals surface area contributed by atoms with Crippen molar-refractivity contribution < 1.29 is 13.2 Å². The molecule has 1 aliphatic rings. The van der Waals surface area contributed by atoms with Crippen LogP contribution in [0.25, 0.3) is 21.9 Å². The number of benzene rings is 1. The molecule has 1 saturated heterocycles. The number of nitrogens with zero attached hydrogens (tertiary/aromatic N) is 3. The van der Waals surface area contributed by atoms with Gasteiger partial charge < -0.3 is 15.2 Å². The average Bonchev–Trinajstić information content (AvgIpc) is 2.91. The van der Waals surface area contributed by atoms with E-state index in [2.05, 4.69) is 25.2 Å². The number of hydrogen-bond donors (Lipinski definition) is 2. The first-order chi connectivity index (χ1) is 11.4. The van der Waals surface area contributed by atoms with Crippen molar-refractivity contribution >= 4 is 39.4 Å². The van der Waals surface area contributed by atoms with Gasteiger partial charge in [-0.25, -0.2) is 9.97 Å². The van der Waals surface area contributed by atoms with Crippen molar-refractivity contribution in [2.45, 2.75) is 6.18 Å². The van der Waals surface area contributed by atoms with E-state index in [1.807, 2.05) is 0 Å². The fourth-order valence-electron chi connectivity index (χ4n) is 3.06. The Labute approximate surface area is 139 Å². The van der Waals surface area contributed by atoms with Crippen LogP contribution in [-0.4, -0.2) is 41.1 Å².